The molecule has 262 valence electrons. The molecule has 17 heteroatoms. The molecule has 2 aromatic rings. The molecule has 47 heavy (non-hydrogen) atoms. The van der Waals surface area contributed by atoms with E-state index in [-0.39, 0.29) is 42.7 Å². The lowest BCUT2D eigenvalue weighted by Gasteiger charge is -2.34. The van der Waals surface area contributed by atoms with E-state index in [0.717, 1.165) is 34.1 Å². The molecule has 1 aliphatic heterocycles. The van der Waals surface area contributed by atoms with Gasteiger partial charge in [-0.25, -0.2) is 17.8 Å². The Morgan fingerprint density at radius 3 is 2.36 bits per heavy atom. The van der Waals surface area contributed by atoms with Gasteiger partial charge >= 0.3 is 13.9 Å². The molecule has 4 atom stereocenters. The standard InChI is InChI=1S/C30H45N4O11PS/c1-23(2)20-32(47(40,41)27-13-11-25(12-14-27)33(36)37)21-29(45-46(38,39)43-18-16-34(3,4)5)28(19-24-9-7-6-8-10-24)31-30(35)44-26-15-17-42-22-26/h6-14,23,26,28-29H,15-22H2,1-5H3,(H-,31,35,38,39)/p+1/t26-,28-,29+/m0/s1. The average molecular weight is 702 g/mol. The number of carbonyl (C=O) groups is 1. The summed E-state index contributed by atoms with van der Waals surface area (Å²) in [7, 11) is -3.51. The van der Waals surface area contributed by atoms with Crippen molar-refractivity contribution in [2.75, 3.05) is 60.6 Å². The summed E-state index contributed by atoms with van der Waals surface area (Å²) in [6.07, 6.45) is -2.17. The van der Waals surface area contributed by atoms with Crippen LogP contribution in [0.2, 0.25) is 0 Å². The number of hydrogen-bond donors (Lipinski definition) is 2. The minimum absolute atomic E-state index is 0.0425. The summed E-state index contributed by atoms with van der Waals surface area (Å²) in [6.45, 7) is 3.94. The molecule has 0 aliphatic carbocycles. The maximum Gasteiger partial charge on any atom is 0.472 e. The SMILES string of the molecule is CC(C)CN(C[C@@H](OP(=O)(O)OCC[N+](C)(C)C)[C@H](Cc1ccccc1)NC(=O)O[C@H]1CCOC1)S(=O)(=O)c1ccc([N+](=O)[O-])cc1. The van der Waals surface area contributed by atoms with Gasteiger partial charge in [0.05, 0.1) is 50.2 Å². The van der Waals surface area contributed by atoms with E-state index in [2.05, 4.69) is 5.32 Å². The first kappa shape index (κ1) is 38.5. The van der Waals surface area contributed by atoms with Crippen molar-refractivity contribution in [1.29, 1.82) is 0 Å². The molecule has 2 N–H and O–H groups in total. The number of nitro benzene ring substituents is 1. The number of likely N-dealkylation sites (N-methyl/N-ethyl adjacent to an activating group) is 1. The lowest BCUT2D eigenvalue weighted by Crippen LogP contribution is -2.52. The van der Waals surface area contributed by atoms with E-state index in [9.17, 15) is 32.8 Å². The molecule has 1 saturated heterocycles. The highest BCUT2D eigenvalue weighted by atomic mass is 32.2. The predicted octanol–water partition coefficient (Wildman–Crippen LogP) is 3.58. The molecule has 1 fully saturated rings. The van der Waals surface area contributed by atoms with Gasteiger partial charge in [0.1, 0.15) is 25.4 Å². The summed E-state index contributed by atoms with van der Waals surface area (Å²) >= 11 is 0. The van der Waals surface area contributed by atoms with Crippen LogP contribution in [0.1, 0.15) is 25.8 Å². The quantitative estimate of drug-likeness (QED) is 0.100. The van der Waals surface area contributed by atoms with Crippen molar-refractivity contribution in [1.82, 2.24) is 9.62 Å². The number of nitrogens with zero attached hydrogens (tertiary/aromatic N) is 3. The Morgan fingerprint density at radius 1 is 1.15 bits per heavy atom. The second kappa shape index (κ2) is 16.9. The lowest BCUT2D eigenvalue weighted by molar-refractivity contribution is -0.870. The number of benzene rings is 2. The summed E-state index contributed by atoms with van der Waals surface area (Å²) in [6, 6.07) is 12.3. The fourth-order valence-electron chi connectivity index (χ4n) is 4.72. The number of hydrogen-bond acceptors (Lipinski definition) is 10. The van der Waals surface area contributed by atoms with Crippen LogP contribution in [0.3, 0.4) is 0 Å². The van der Waals surface area contributed by atoms with Crippen LogP contribution in [0.5, 0.6) is 0 Å². The van der Waals surface area contributed by atoms with Crippen LogP contribution in [0.15, 0.2) is 59.5 Å². The van der Waals surface area contributed by atoms with Gasteiger partial charge in [0.25, 0.3) is 5.69 Å². The highest BCUT2D eigenvalue weighted by Gasteiger charge is 2.38. The van der Waals surface area contributed by atoms with Gasteiger partial charge in [0.2, 0.25) is 10.0 Å². The van der Waals surface area contributed by atoms with Crippen LogP contribution in [0, 0.1) is 16.0 Å². The summed E-state index contributed by atoms with van der Waals surface area (Å²) in [5.74, 6) is -0.210. The summed E-state index contributed by atoms with van der Waals surface area (Å²) in [4.78, 5) is 34.3. The van der Waals surface area contributed by atoms with Crippen molar-refractivity contribution in [3.05, 3.63) is 70.3 Å². The molecular formula is C30H46N4O11PS+. The highest BCUT2D eigenvalue weighted by Crippen LogP contribution is 2.45. The number of nitro groups is 1. The Labute approximate surface area is 276 Å². The zero-order valence-corrected chi connectivity index (χ0v) is 29.1. The maximum absolute atomic E-state index is 14.0. The van der Waals surface area contributed by atoms with E-state index < -0.39 is 53.7 Å². The van der Waals surface area contributed by atoms with E-state index in [1.54, 1.807) is 44.2 Å². The van der Waals surface area contributed by atoms with E-state index >= 15 is 0 Å². The van der Waals surface area contributed by atoms with E-state index in [1.165, 1.54) is 0 Å². The number of phosphoric ester groups is 1. The Hall–Kier alpha value is -2.95. The molecule has 1 unspecified atom stereocenters. The first-order valence-electron chi connectivity index (χ1n) is 15.2. The van der Waals surface area contributed by atoms with Crippen LogP contribution < -0.4 is 5.32 Å². The van der Waals surface area contributed by atoms with Crippen molar-refractivity contribution in [3.8, 4) is 0 Å². The molecule has 0 saturated carbocycles. The van der Waals surface area contributed by atoms with Crippen molar-refractivity contribution >= 4 is 29.6 Å². The van der Waals surface area contributed by atoms with Gasteiger partial charge in [-0.2, -0.15) is 4.31 Å². The van der Waals surface area contributed by atoms with Gasteiger partial charge in [0.15, 0.2) is 0 Å². The minimum atomic E-state index is -4.82. The van der Waals surface area contributed by atoms with Crippen LogP contribution in [-0.2, 0) is 39.5 Å². The number of phosphoric acid groups is 1. The average Bonchev–Trinajstić information content (AvgIpc) is 3.48. The number of alkyl carbamates (subject to hydrolysis) is 1. The molecular weight excluding hydrogens is 655 g/mol. The summed E-state index contributed by atoms with van der Waals surface area (Å²) in [5, 5.41) is 13.9. The van der Waals surface area contributed by atoms with Crippen molar-refractivity contribution in [2.45, 2.75) is 49.8 Å². The Bertz CT molecular complexity index is 1460. The topological polar surface area (TPSA) is 184 Å². The first-order chi connectivity index (χ1) is 21.9. The van der Waals surface area contributed by atoms with Gasteiger partial charge in [-0.15, -0.1) is 0 Å². The normalized spacial score (nSPS) is 18.1. The predicted molar refractivity (Wildman–Crippen MR) is 173 cm³/mol. The molecule has 0 aromatic heterocycles. The molecule has 0 bridgehead atoms. The van der Waals surface area contributed by atoms with Crippen LogP contribution in [0.25, 0.3) is 0 Å². The van der Waals surface area contributed by atoms with Gasteiger partial charge < -0.3 is 24.2 Å². The highest BCUT2D eigenvalue weighted by molar-refractivity contribution is 7.89. The summed E-state index contributed by atoms with van der Waals surface area (Å²) in [5.41, 5.74) is 0.439. The van der Waals surface area contributed by atoms with Crippen molar-refractivity contribution < 1.29 is 50.6 Å². The third kappa shape index (κ3) is 12.9. The van der Waals surface area contributed by atoms with E-state index in [1.807, 2.05) is 21.1 Å². The van der Waals surface area contributed by atoms with E-state index in [0.29, 0.717) is 24.1 Å². The zero-order valence-electron chi connectivity index (χ0n) is 27.4. The van der Waals surface area contributed by atoms with Crippen molar-refractivity contribution in [2.24, 2.45) is 5.92 Å². The third-order valence-corrected chi connectivity index (χ3v) is 10.0. The number of amides is 1. The zero-order chi connectivity index (χ0) is 34.8. The second-order valence-electron chi connectivity index (χ2n) is 12.8. The molecule has 3 rings (SSSR count). The van der Waals surface area contributed by atoms with Crippen LogP contribution in [0.4, 0.5) is 10.5 Å². The molecule has 2 aromatic carbocycles. The van der Waals surface area contributed by atoms with Gasteiger partial charge in [0, 0.05) is 31.6 Å². The number of carbonyl (C=O) groups excluding carboxylic acids is 1. The van der Waals surface area contributed by atoms with Gasteiger partial charge in [-0.3, -0.25) is 19.2 Å². The maximum atomic E-state index is 14.0. The smallest absolute Gasteiger partial charge is 0.444 e. The number of nitrogens with one attached hydrogen (secondary N) is 1. The largest absolute Gasteiger partial charge is 0.472 e. The number of quaternary nitrogens is 1. The third-order valence-electron chi connectivity index (χ3n) is 7.13. The molecule has 1 heterocycles. The summed E-state index contributed by atoms with van der Waals surface area (Å²) < 4.78 is 64.7. The lowest BCUT2D eigenvalue weighted by atomic mass is 10.0. The Morgan fingerprint density at radius 2 is 1.81 bits per heavy atom. The van der Waals surface area contributed by atoms with Gasteiger partial charge in [-0.1, -0.05) is 44.2 Å². The molecule has 0 spiro atoms. The molecule has 15 nitrogen and oxygen atoms in total. The van der Waals surface area contributed by atoms with Crippen LogP contribution >= 0.6 is 7.82 Å². The monoisotopic (exact) mass is 701 g/mol. The molecule has 1 aliphatic rings. The Kier molecular flexibility index (Phi) is 13.9. The molecule has 0 radical (unpaired) electrons. The number of ether oxygens (including phenoxy) is 2. The van der Waals surface area contributed by atoms with Crippen LogP contribution in [-0.4, -0.2) is 112 Å². The first-order valence-corrected chi connectivity index (χ1v) is 18.2. The fraction of sp³-hybridized carbons (Fsp3) is 0.567. The number of rotatable bonds is 18. The number of sulfonamides is 1. The Balaban J connectivity index is 2.02. The number of non-ortho nitro benzene ring substituents is 1. The second-order valence-corrected chi connectivity index (χ2v) is 16.1. The van der Waals surface area contributed by atoms with Gasteiger partial charge in [-0.05, 0) is 30.0 Å². The van der Waals surface area contributed by atoms with Crippen molar-refractivity contribution in [3.63, 3.8) is 0 Å². The molecule has 1 amide bonds. The van der Waals surface area contributed by atoms with E-state index in [4.69, 9.17) is 18.5 Å². The minimum Gasteiger partial charge on any atom is -0.444 e. The fourth-order valence-corrected chi connectivity index (χ4v) is 7.26.